The zero-order chi connectivity index (χ0) is 13.7. The van der Waals surface area contributed by atoms with E-state index in [1.54, 1.807) is 6.07 Å². The van der Waals surface area contributed by atoms with Gasteiger partial charge in [0.2, 0.25) is 0 Å². The van der Waals surface area contributed by atoms with Gasteiger partial charge in [0, 0.05) is 11.1 Å². The number of carbonyl (C=O) groups is 1. The highest BCUT2D eigenvalue weighted by atomic mass is 16.5. The number of carbonyl (C=O) groups excluding carboxylic acids is 1. The summed E-state index contributed by atoms with van der Waals surface area (Å²) >= 11 is 0. The van der Waals surface area contributed by atoms with Gasteiger partial charge in [-0.15, -0.1) is 0 Å². The first kappa shape index (κ1) is 13.4. The third-order valence-electron chi connectivity index (χ3n) is 3.16. The minimum absolute atomic E-state index is 0.271. The van der Waals surface area contributed by atoms with Crippen LogP contribution in [0.15, 0.2) is 36.4 Å². The minimum atomic E-state index is -0.271. The summed E-state index contributed by atoms with van der Waals surface area (Å²) < 4.78 is 5.30. The Morgan fingerprint density at radius 3 is 2.63 bits per heavy atom. The van der Waals surface area contributed by atoms with Gasteiger partial charge >= 0.3 is 5.97 Å². The Bertz CT molecular complexity index is 578. The van der Waals surface area contributed by atoms with E-state index in [9.17, 15) is 4.79 Å². The first-order valence-electron chi connectivity index (χ1n) is 6.68. The van der Waals surface area contributed by atoms with Gasteiger partial charge in [0.25, 0.3) is 0 Å². The van der Waals surface area contributed by atoms with Crippen molar-refractivity contribution in [3.8, 4) is 0 Å². The van der Waals surface area contributed by atoms with E-state index in [-0.39, 0.29) is 5.97 Å². The van der Waals surface area contributed by atoms with Gasteiger partial charge in [0.1, 0.15) is 0 Å². The van der Waals surface area contributed by atoms with E-state index in [4.69, 9.17) is 10.5 Å². The Labute approximate surface area is 113 Å². The average molecular weight is 257 g/mol. The molecule has 100 valence electrons. The normalized spacial score (nSPS) is 10.6. The van der Waals surface area contributed by atoms with Crippen molar-refractivity contribution >= 4 is 22.4 Å². The van der Waals surface area contributed by atoms with Gasteiger partial charge in [-0.05, 0) is 23.9 Å². The predicted molar refractivity (Wildman–Crippen MR) is 78.2 cm³/mol. The summed E-state index contributed by atoms with van der Waals surface area (Å²) in [5, 5.41) is 1.74. The van der Waals surface area contributed by atoms with Crippen molar-refractivity contribution in [2.45, 2.75) is 26.2 Å². The Balaban J connectivity index is 2.20. The zero-order valence-electron chi connectivity index (χ0n) is 11.2. The molecule has 0 aliphatic rings. The molecule has 0 fully saturated rings. The molecule has 0 atom stereocenters. The smallest absolute Gasteiger partial charge is 0.338 e. The lowest BCUT2D eigenvalue weighted by Gasteiger charge is -2.08. The highest BCUT2D eigenvalue weighted by Gasteiger charge is 2.11. The van der Waals surface area contributed by atoms with Gasteiger partial charge in [-0.1, -0.05) is 44.0 Å². The molecule has 3 heteroatoms. The lowest BCUT2D eigenvalue weighted by molar-refractivity contribution is 0.0500. The van der Waals surface area contributed by atoms with Gasteiger partial charge in [0.15, 0.2) is 0 Å². The number of anilines is 1. The molecule has 0 aliphatic carbocycles. The summed E-state index contributed by atoms with van der Waals surface area (Å²) in [5.74, 6) is -0.271. The van der Waals surface area contributed by atoms with E-state index < -0.39 is 0 Å². The molecule has 0 radical (unpaired) electrons. The van der Waals surface area contributed by atoms with E-state index in [1.165, 1.54) is 0 Å². The number of hydrogen-bond donors (Lipinski definition) is 1. The lowest BCUT2D eigenvalue weighted by Crippen LogP contribution is -2.07. The van der Waals surface area contributed by atoms with E-state index in [0.717, 1.165) is 30.0 Å². The number of benzene rings is 2. The predicted octanol–water partition coefficient (Wildman–Crippen LogP) is 3.77. The van der Waals surface area contributed by atoms with E-state index >= 15 is 0 Å². The Kier molecular flexibility index (Phi) is 4.39. The fourth-order valence-electron chi connectivity index (χ4n) is 2.11. The van der Waals surface area contributed by atoms with Crippen molar-refractivity contribution in [3.63, 3.8) is 0 Å². The molecule has 0 amide bonds. The van der Waals surface area contributed by atoms with Gasteiger partial charge in [0.05, 0.1) is 12.2 Å². The SMILES string of the molecule is CCCCCOC(=O)c1cccc2c(N)cccc12. The van der Waals surface area contributed by atoms with Crippen molar-refractivity contribution in [1.29, 1.82) is 0 Å². The first-order valence-corrected chi connectivity index (χ1v) is 6.68. The number of rotatable bonds is 5. The standard InChI is InChI=1S/C16H19NO2/c1-2-3-4-11-19-16(18)14-9-5-8-13-12(14)7-6-10-15(13)17/h5-10H,2-4,11,17H2,1H3. The van der Waals surface area contributed by atoms with Crippen LogP contribution in [-0.4, -0.2) is 12.6 Å². The Hall–Kier alpha value is -2.03. The molecule has 0 unspecified atom stereocenters. The third-order valence-corrected chi connectivity index (χ3v) is 3.16. The van der Waals surface area contributed by atoms with Crippen LogP contribution < -0.4 is 5.73 Å². The van der Waals surface area contributed by atoms with Crippen molar-refractivity contribution in [3.05, 3.63) is 42.0 Å². The molecule has 3 nitrogen and oxygen atoms in total. The van der Waals surface area contributed by atoms with Crippen LogP contribution in [0.3, 0.4) is 0 Å². The number of esters is 1. The molecule has 19 heavy (non-hydrogen) atoms. The third kappa shape index (κ3) is 3.05. The minimum Gasteiger partial charge on any atom is -0.462 e. The van der Waals surface area contributed by atoms with Crippen molar-refractivity contribution in [2.75, 3.05) is 12.3 Å². The molecule has 0 heterocycles. The Morgan fingerprint density at radius 1 is 1.11 bits per heavy atom. The molecule has 2 rings (SSSR count). The van der Waals surface area contributed by atoms with Gasteiger partial charge in [-0.25, -0.2) is 4.79 Å². The average Bonchev–Trinajstić information content (AvgIpc) is 2.43. The van der Waals surface area contributed by atoms with Crippen molar-refractivity contribution < 1.29 is 9.53 Å². The van der Waals surface area contributed by atoms with Gasteiger partial charge in [-0.2, -0.15) is 0 Å². The van der Waals surface area contributed by atoms with Crippen LogP contribution >= 0.6 is 0 Å². The number of fused-ring (bicyclic) bond motifs is 1. The molecule has 0 spiro atoms. The van der Waals surface area contributed by atoms with Crippen molar-refractivity contribution in [1.82, 2.24) is 0 Å². The van der Waals surface area contributed by atoms with Crippen LogP contribution in [0.2, 0.25) is 0 Å². The number of nitrogen functional groups attached to an aromatic ring is 1. The molecular weight excluding hydrogens is 238 g/mol. The largest absolute Gasteiger partial charge is 0.462 e. The molecule has 2 aromatic carbocycles. The topological polar surface area (TPSA) is 52.3 Å². The van der Waals surface area contributed by atoms with Crippen LogP contribution in [0.5, 0.6) is 0 Å². The van der Waals surface area contributed by atoms with Crippen LogP contribution in [0, 0.1) is 0 Å². The highest BCUT2D eigenvalue weighted by Crippen LogP contribution is 2.24. The van der Waals surface area contributed by atoms with Crippen LogP contribution in [0.4, 0.5) is 5.69 Å². The zero-order valence-corrected chi connectivity index (χ0v) is 11.2. The quantitative estimate of drug-likeness (QED) is 0.504. The second-order valence-corrected chi connectivity index (χ2v) is 4.59. The summed E-state index contributed by atoms with van der Waals surface area (Å²) in [7, 11) is 0. The molecule has 0 bridgehead atoms. The molecule has 0 saturated heterocycles. The maximum absolute atomic E-state index is 12.1. The van der Waals surface area contributed by atoms with Crippen molar-refractivity contribution in [2.24, 2.45) is 0 Å². The first-order chi connectivity index (χ1) is 9.24. The summed E-state index contributed by atoms with van der Waals surface area (Å²) in [5.41, 5.74) is 7.18. The highest BCUT2D eigenvalue weighted by molar-refractivity contribution is 6.07. The number of unbranched alkanes of at least 4 members (excludes halogenated alkanes) is 2. The maximum atomic E-state index is 12.1. The van der Waals surface area contributed by atoms with Crippen LogP contribution in [-0.2, 0) is 4.74 Å². The second-order valence-electron chi connectivity index (χ2n) is 4.59. The fourth-order valence-corrected chi connectivity index (χ4v) is 2.11. The number of nitrogens with two attached hydrogens (primary N) is 1. The lowest BCUT2D eigenvalue weighted by atomic mass is 10.0. The fraction of sp³-hybridized carbons (Fsp3) is 0.312. The molecule has 0 aliphatic heterocycles. The molecule has 2 N–H and O–H groups in total. The molecule has 2 aromatic rings. The van der Waals surface area contributed by atoms with E-state index in [2.05, 4.69) is 6.92 Å². The Morgan fingerprint density at radius 2 is 1.84 bits per heavy atom. The summed E-state index contributed by atoms with van der Waals surface area (Å²) in [6.07, 6.45) is 3.10. The molecular formula is C16H19NO2. The van der Waals surface area contributed by atoms with E-state index in [1.807, 2.05) is 30.3 Å². The molecule has 0 aromatic heterocycles. The van der Waals surface area contributed by atoms with Gasteiger partial charge < -0.3 is 10.5 Å². The second kappa shape index (κ2) is 6.23. The summed E-state index contributed by atoms with van der Waals surface area (Å²) in [6.45, 7) is 2.60. The van der Waals surface area contributed by atoms with Gasteiger partial charge in [-0.3, -0.25) is 0 Å². The maximum Gasteiger partial charge on any atom is 0.338 e. The number of ether oxygens (including phenoxy) is 1. The molecule has 0 saturated carbocycles. The monoisotopic (exact) mass is 257 g/mol. The van der Waals surface area contributed by atoms with Crippen LogP contribution in [0.25, 0.3) is 10.8 Å². The van der Waals surface area contributed by atoms with E-state index in [0.29, 0.717) is 17.9 Å². The summed E-state index contributed by atoms with van der Waals surface area (Å²) in [6, 6.07) is 11.1. The number of hydrogen-bond acceptors (Lipinski definition) is 3. The van der Waals surface area contributed by atoms with Crippen LogP contribution in [0.1, 0.15) is 36.5 Å². The summed E-state index contributed by atoms with van der Waals surface area (Å²) in [4.78, 5) is 12.1.